The lowest BCUT2D eigenvalue weighted by molar-refractivity contribution is -0.129. The number of hydrogen-bond acceptors (Lipinski definition) is 3. The first-order valence-electron chi connectivity index (χ1n) is 6.06. The van der Waals surface area contributed by atoms with E-state index in [2.05, 4.69) is 0 Å². The van der Waals surface area contributed by atoms with Gasteiger partial charge in [-0.05, 0) is 32.9 Å². The summed E-state index contributed by atoms with van der Waals surface area (Å²) < 4.78 is 12.3. The number of benzene rings is 1. The predicted molar refractivity (Wildman–Crippen MR) is 74.7 cm³/mol. The summed E-state index contributed by atoms with van der Waals surface area (Å²) in [5.74, 6) is -0.0958. The average molecular weight is 268 g/mol. The molecule has 0 aromatic heterocycles. The molecule has 18 heavy (non-hydrogen) atoms. The number of amides is 1. The number of para-hydroxylation sites is 1. The summed E-state index contributed by atoms with van der Waals surface area (Å²) in [7, 11) is -1.41. The first-order chi connectivity index (χ1) is 8.52. The van der Waals surface area contributed by atoms with Crippen molar-refractivity contribution in [2.45, 2.75) is 30.9 Å². The first kappa shape index (κ1) is 14.7. The van der Waals surface area contributed by atoms with E-state index in [-0.39, 0.29) is 5.91 Å². The van der Waals surface area contributed by atoms with E-state index in [4.69, 9.17) is 5.73 Å². The molecular weight excluding hydrogens is 248 g/mol. The van der Waals surface area contributed by atoms with Crippen molar-refractivity contribution < 1.29 is 9.00 Å². The van der Waals surface area contributed by atoms with Crippen LogP contribution in [-0.4, -0.2) is 33.4 Å². The molecule has 2 unspecified atom stereocenters. The maximum absolute atomic E-state index is 12.3. The Labute approximate surface area is 111 Å². The van der Waals surface area contributed by atoms with Gasteiger partial charge in [0.25, 0.3) is 0 Å². The van der Waals surface area contributed by atoms with Crippen LogP contribution in [0.25, 0.3) is 0 Å². The van der Waals surface area contributed by atoms with Crippen LogP contribution in [0.2, 0.25) is 0 Å². The van der Waals surface area contributed by atoms with E-state index in [1.807, 2.05) is 13.8 Å². The molecule has 0 fully saturated rings. The molecule has 1 amide bonds. The fourth-order valence-corrected chi connectivity index (χ4v) is 2.96. The summed E-state index contributed by atoms with van der Waals surface area (Å²) in [6.45, 7) is 6.76. The van der Waals surface area contributed by atoms with E-state index in [0.29, 0.717) is 23.7 Å². The molecule has 0 spiro atoms. The van der Waals surface area contributed by atoms with Gasteiger partial charge in [-0.1, -0.05) is 12.1 Å². The molecule has 5 heteroatoms. The third-order valence-electron chi connectivity index (χ3n) is 2.88. The molecule has 0 aliphatic rings. The third-order valence-corrected chi connectivity index (χ3v) is 4.53. The lowest BCUT2D eigenvalue weighted by atomic mass is 10.3. The van der Waals surface area contributed by atoms with Crippen LogP contribution in [0, 0.1) is 0 Å². The van der Waals surface area contributed by atoms with Crippen molar-refractivity contribution in [3.05, 3.63) is 24.3 Å². The minimum absolute atomic E-state index is 0.0958. The minimum atomic E-state index is -1.41. The second-order valence-corrected chi connectivity index (χ2v) is 5.73. The third kappa shape index (κ3) is 3.10. The van der Waals surface area contributed by atoms with Crippen LogP contribution < -0.4 is 5.73 Å². The van der Waals surface area contributed by atoms with E-state index in [1.54, 1.807) is 36.1 Å². The standard InChI is InChI=1S/C13H20N2O2S/c1-4-15(5-2)13(16)10(3)18(17)12-9-7-6-8-11(12)14/h6-10H,4-5,14H2,1-3H3. The van der Waals surface area contributed by atoms with Crippen molar-refractivity contribution in [2.75, 3.05) is 18.8 Å². The van der Waals surface area contributed by atoms with Gasteiger partial charge in [-0.25, -0.2) is 0 Å². The van der Waals surface area contributed by atoms with Gasteiger partial charge in [0.15, 0.2) is 0 Å². The van der Waals surface area contributed by atoms with Gasteiger partial charge in [0.2, 0.25) is 5.91 Å². The second-order valence-electron chi connectivity index (χ2n) is 3.99. The summed E-state index contributed by atoms with van der Waals surface area (Å²) in [5, 5.41) is -0.574. The van der Waals surface area contributed by atoms with Crippen LogP contribution in [0.3, 0.4) is 0 Å². The molecule has 1 rings (SSSR count). The Balaban J connectivity index is 2.91. The maximum atomic E-state index is 12.3. The molecule has 1 aromatic carbocycles. The van der Waals surface area contributed by atoms with Gasteiger partial charge in [0.1, 0.15) is 5.25 Å². The summed E-state index contributed by atoms with van der Waals surface area (Å²) in [6.07, 6.45) is 0. The Morgan fingerprint density at radius 2 is 1.89 bits per heavy atom. The molecule has 100 valence electrons. The molecule has 0 aliphatic carbocycles. The summed E-state index contributed by atoms with van der Waals surface area (Å²) in [4.78, 5) is 14.3. The van der Waals surface area contributed by atoms with Gasteiger partial charge in [-0.15, -0.1) is 0 Å². The first-order valence-corrected chi connectivity index (χ1v) is 7.28. The molecular formula is C13H20N2O2S. The Morgan fingerprint density at radius 1 is 1.33 bits per heavy atom. The molecule has 0 heterocycles. The Morgan fingerprint density at radius 3 is 2.39 bits per heavy atom. The van der Waals surface area contributed by atoms with Crippen LogP contribution in [0.1, 0.15) is 20.8 Å². The Kier molecular flexibility index (Phi) is 5.34. The molecule has 4 nitrogen and oxygen atoms in total. The fraction of sp³-hybridized carbons (Fsp3) is 0.462. The van der Waals surface area contributed by atoms with Crippen molar-refractivity contribution in [1.29, 1.82) is 0 Å². The zero-order chi connectivity index (χ0) is 13.7. The number of nitrogen functional groups attached to an aromatic ring is 1. The van der Waals surface area contributed by atoms with Gasteiger partial charge < -0.3 is 10.6 Å². The molecule has 2 N–H and O–H groups in total. The van der Waals surface area contributed by atoms with Gasteiger partial charge in [0, 0.05) is 18.8 Å². The maximum Gasteiger partial charge on any atom is 0.238 e. The van der Waals surface area contributed by atoms with Crippen LogP contribution in [0.15, 0.2) is 29.2 Å². The normalized spacial score (nSPS) is 13.9. The van der Waals surface area contributed by atoms with Crippen LogP contribution in [0.4, 0.5) is 5.69 Å². The van der Waals surface area contributed by atoms with Crippen molar-refractivity contribution in [2.24, 2.45) is 0 Å². The van der Waals surface area contributed by atoms with Gasteiger partial charge >= 0.3 is 0 Å². The molecule has 0 bridgehead atoms. The zero-order valence-corrected chi connectivity index (χ0v) is 11.9. The minimum Gasteiger partial charge on any atom is -0.398 e. The van der Waals surface area contributed by atoms with Gasteiger partial charge in [-0.2, -0.15) is 0 Å². The lowest BCUT2D eigenvalue weighted by Crippen LogP contribution is -2.39. The summed E-state index contributed by atoms with van der Waals surface area (Å²) >= 11 is 0. The largest absolute Gasteiger partial charge is 0.398 e. The van der Waals surface area contributed by atoms with Gasteiger partial charge in [-0.3, -0.25) is 9.00 Å². The lowest BCUT2D eigenvalue weighted by Gasteiger charge is -2.22. The average Bonchev–Trinajstić information content (AvgIpc) is 2.39. The van der Waals surface area contributed by atoms with Crippen LogP contribution in [-0.2, 0) is 15.6 Å². The van der Waals surface area contributed by atoms with Crippen LogP contribution in [0.5, 0.6) is 0 Å². The molecule has 0 radical (unpaired) electrons. The van der Waals surface area contributed by atoms with E-state index < -0.39 is 16.0 Å². The Hall–Kier alpha value is -1.36. The second kappa shape index (κ2) is 6.54. The number of anilines is 1. The molecule has 2 atom stereocenters. The smallest absolute Gasteiger partial charge is 0.238 e. The predicted octanol–water partition coefficient (Wildman–Crippen LogP) is 1.63. The van der Waals surface area contributed by atoms with E-state index in [0.717, 1.165) is 0 Å². The number of hydrogen-bond donors (Lipinski definition) is 1. The summed E-state index contributed by atoms with van der Waals surface area (Å²) in [5.41, 5.74) is 6.25. The molecule has 0 aliphatic heterocycles. The van der Waals surface area contributed by atoms with Crippen LogP contribution >= 0.6 is 0 Å². The molecule has 0 saturated carbocycles. The SMILES string of the molecule is CCN(CC)C(=O)C(C)S(=O)c1ccccc1N. The number of rotatable bonds is 5. The Bertz CT molecular complexity index is 444. The quantitative estimate of drug-likeness (QED) is 0.826. The monoisotopic (exact) mass is 268 g/mol. The highest BCUT2D eigenvalue weighted by molar-refractivity contribution is 7.86. The topological polar surface area (TPSA) is 63.4 Å². The van der Waals surface area contributed by atoms with Crippen molar-refractivity contribution >= 4 is 22.4 Å². The van der Waals surface area contributed by atoms with Crippen molar-refractivity contribution in [3.63, 3.8) is 0 Å². The van der Waals surface area contributed by atoms with E-state index in [1.165, 1.54) is 0 Å². The number of nitrogens with zero attached hydrogens (tertiary/aromatic N) is 1. The highest BCUT2D eigenvalue weighted by atomic mass is 32.2. The highest BCUT2D eigenvalue weighted by Crippen LogP contribution is 2.19. The molecule has 1 aromatic rings. The fourth-order valence-electron chi connectivity index (χ4n) is 1.74. The number of nitrogens with two attached hydrogens (primary N) is 1. The number of carbonyl (C=O) groups excluding carboxylic acids is 1. The number of carbonyl (C=O) groups is 1. The van der Waals surface area contributed by atoms with E-state index in [9.17, 15) is 9.00 Å². The summed E-state index contributed by atoms with van der Waals surface area (Å²) in [6, 6.07) is 6.96. The van der Waals surface area contributed by atoms with Gasteiger partial charge in [0.05, 0.1) is 15.7 Å². The molecule has 0 saturated heterocycles. The van der Waals surface area contributed by atoms with E-state index >= 15 is 0 Å². The zero-order valence-electron chi connectivity index (χ0n) is 11.1. The van der Waals surface area contributed by atoms with Crippen molar-refractivity contribution in [1.82, 2.24) is 4.90 Å². The van der Waals surface area contributed by atoms with Crippen molar-refractivity contribution in [3.8, 4) is 0 Å². The highest BCUT2D eigenvalue weighted by Gasteiger charge is 2.25.